The first-order chi connectivity index (χ1) is 7.67. The minimum atomic E-state index is -0.266. The summed E-state index contributed by atoms with van der Waals surface area (Å²) in [6.45, 7) is 0. The van der Waals surface area contributed by atoms with E-state index in [1.807, 2.05) is 6.07 Å². The van der Waals surface area contributed by atoms with Crippen molar-refractivity contribution in [1.29, 1.82) is 5.26 Å². The van der Waals surface area contributed by atoms with Gasteiger partial charge in [-0.15, -0.1) is 0 Å². The summed E-state index contributed by atoms with van der Waals surface area (Å²) in [4.78, 5) is 22.4. The maximum atomic E-state index is 11.6. The van der Waals surface area contributed by atoms with Gasteiger partial charge in [-0.1, -0.05) is 15.9 Å². The third kappa shape index (κ3) is 2.28. The molecule has 1 rings (SSSR count). The number of alkyl halides is 1. The number of carbonyl (C=O) groups excluding carboxylic acids is 2. The smallest absolute Gasteiger partial charge is 0.174 e. The fraction of sp³-hybridized carbons (Fsp3) is 0.182. The number of rotatable bonds is 4. The predicted molar refractivity (Wildman–Crippen MR) is 61.2 cm³/mol. The van der Waals surface area contributed by atoms with Crippen molar-refractivity contribution in [3.05, 3.63) is 28.8 Å². The minimum absolute atomic E-state index is 0.0892. The lowest BCUT2D eigenvalue weighted by Gasteiger charge is -2.07. The van der Waals surface area contributed by atoms with Gasteiger partial charge in [-0.25, -0.2) is 0 Å². The van der Waals surface area contributed by atoms with Crippen molar-refractivity contribution in [2.45, 2.75) is 0 Å². The number of carbonyl (C=O) groups is 2. The second-order valence-corrected chi connectivity index (χ2v) is 3.48. The van der Waals surface area contributed by atoms with E-state index >= 15 is 0 Å². The van der Waals surface area contributed by atoms with E-state index in [-0.39, 0.29) is 27.8 Å². The summed E-state index contributed by atoms with van der Waals surface area (Å²) < 4.78 is 4.96. The molecule has 0 spiro atoms. The molecule has 0 N–H and O–H groups in total. The molecule has 5 heteroatoms. The monoisotopic (exact) mass is 281 g/mol. The Labute approximate surface area is 101 Å². The molecular formula is C11H8BrNO3. The molecule has 82 valence electrons. The second kappa shape index (κ2) is 5.42. The van der Waals surface area contributed by atoms with Gasteiger partial charge in [0.25, 0.3) is 0 Å². The Bertz CT molecular complexity index is 477. The molecule has 0 heterocycles. The number of nitriles is 1. The van der Waals surface area contributed by atoms with Gasteiger partial charge in [0.1, 0.15) is 11.8 Å². The van der Waals surface area contributed by atoms with Crippen molar-refractivity contribution in [3.63, 3.8) is 0 Å². The Balaban J connectivity index is 3.50. The minimum Gasteiger partial charge on any atom is -0.497 e. The van der Waals surface area contributed by atoms with Crippen LogP contribution in [0.3, 0.4) is 0 Å². The maximum absolute atomic E-state index is 11.6. The van der Waals surface area contributed by atoms with Crippen molar-refractivity contribution in [1.82, 2.24) is 0 Å². The Morgan fingerprint density at radius 1 is 1.62 bits per heavy atom. The number of aldehydes is 1. The van der Waals surface area contributed by atoms with Crippen LogP contribution in [0, 0.1) is 11.3 Å². The van der Waals surface area contributed by atoms with E-state index in [4.69, 9.17) is 10.00 Å². The molecule has 0 atom stereocenters. The van der Waals surface area contributed by atoms with Gasteiger partial charge < -0.3 is 4.74 Å². The molecule has 0 aliphatic carbocycles. The van der Waals surface area contributed by atoms with Crippen LogP contribution >= 0.6 is 15.9 Å². The molecule has 0 aliphatic heterocycles. The molecule has 0 fully saturated rings. The highest BCUT2D eigenvalue weighted by atomic mass is 79.9. The van der Waals surface area contributed by atoms with E-state index in [1.165, 1.54) is 19.2 Å². The molecule has 16 heavy (non-hydrogen) atoms. The van der Waals surface area contributed by atoms with Gasteiger partial charge in [0.05, 0.1) is 18.0 Å². The van der Waals surface area contributed by atoms with Crippen LogP contribution in [0.4, 0.5) is 0 Å². The number of Topliss-reactive ketones (excluding diaryl/α,β-unsaturated/α-hetero) is 1. The van der Waals surface area contributed by atoms with E-state index in [1.54, 1.807) is 0 Å². The summed E-state index contributed by atoms with van der Waals surface area (Å²) in [6.07, 6.45) is 0.508. The van der Waals surface area contributed by atoms with Gasteiger partial charge >= 0.3 is 0 Å². The summed E-state index contributed by atoms with van der Waals surface area (Å²) in [5, 5.41) is 8.95. The molecule has 0 aliphatic rings. The molecule has 0 bridgehead atoms. The van der Waals surface area contributed by atoms with E-state index < -0.39 is 0 Å². The fourth-order valence-corrected chi connectivity index (χ4v) is 1.57. The van der Waals surface area contributed by atoms with Gasteiger partial charge in [-0.2, -0.15) is 5.26 Å². The largest absolute Gasteiger partial charge is 0.497 e. The quantitative estimate of drug-likeness (QED) is 0.481. The van der Waals surface area contributed by atoms with Gasteiger partial charge in [-0.3, -0.25) is 9.59 Å². The lowest BCUT2D eigenvalue weighted by Crippen LogP contribution is -2.07. The first-order valence-corrected chi connectivity index (χ1v) is 5.46. The topological polar surface area (TPSA) is 67.2 Å². The molecule has 0 amide bonds. The third-order valence-corrected chi connectivity index (χ3v) is 2.56. The molecule has 4 nitrogen and oxygen atoms in total. The van der Waals surface area contributed by atoms with E-state index in [9.17, 15) is 9.59 Å². The van der Waals surface area contributed by atoms with Crippen LogP contribution in [0.2, 0.25) is 0 Å². The first-order valence-electron chi connectivity index (χ1n) is 4.34. The number of hydrogen-bond acceptors (Lipinski definition) is 4. The Morgan fingerprint density at radius 2 is 2.31 bits per heavy atom. The number of methoxy groups -OCH3 is 1. The number of ether oxygens (including phenoxy) is 1. The zero-order valence-electron chi connectivity index (χ0n) is 8.49. The van der Waals surface area contributed by atoms with Gasteiger partial charge in [0.2, 0.25) is 0 Å². The van der Waals surface area contributed by atoms with Gasteiger partial charge in [0, 0.05) is 11.1 Å². The average Bonchev–Trinajstić information content (AvgIpc) is 2.35. The van der Waals surface area contributed by atoms with Gasteiger partial charge in [0.15, 0.2) is 12.1 Å². The van der Waals surface area contributed by atoms with Crippen molar-refractivity contribution in [3.8, 4) is 11.8 Å². The highest BCUT2D eigenvalue weighted by Crippen LogP contribution is 2.22. The number of hydrogen-bond donors (Lipinski definition) is 0. The maximum Gasteiger partial charge on any atom is 0.174 e. The molecule has 1 aromatic rings. The van der Waals surface area contributed by atoms with Gasteiger partial charge in [-0.05, 0) is 12.1 Å². The molecule has 0 saturated carbocycles. The molecule has 0 radical (unpaired) electrons. The van der Waals surface area contributed by atoms with Crippen LogP contribution in [-0.4, -0.2) is 24.5 Å². The number of ketones is 1. The molecule has 0 aromatic heterocycles. The van der Waals surface area contributed by atoms with E-state index in [0.29, 0.717) is 12.0 Å². The standard InChI is InChI=1S/C11H8BrNO3/c1-16-8-2-7(5-13)10(6-14)9(3-8)11(15)4-12/h2-3,6H,4H2,1H3. The van der Waals surface area contributed by atoms with Crippen molar-refractivity contribution in [2.24, 2.45) is 0 Å². The number of benzene rings is 1. The summed E-state index contributed by atoms with van der Waals surface area (Å²) in [6, 6.07) is 4.74. The second-order valence-electron chi connectivity index (χ2n) is 2.92. The number of nitrogens with zero attached hydrogens (tertiary/aromatic N) is 1. The summed E-state index contributed by atoms with van der Waals surface area (Å²) >= 11 is 3.02. The Hall–Kier alpha value is -1.67. The van der Waals surface area contributed by atoms with Crippen LogP contribution in [0.25, 0.3) is 0 Å². The number of halogens is 1. The van der Waals surface area contributed by atoms with Crippen LogP contribution in [-0.2, 0) is 0 Å². The van der Waals surface area contributed by atoms with Crippen LogP contribution in [0.5, 0.6) is 5.75 Å². The Kier molecular flexibility index (Phi) is 4.20. The highest BCUT2D eigenvalue weighted by Gasteiger charge is 2.15. The third-order valence-electron chi connectivity index (χ3n) is 2.05. The lowest BCUT2D eigenvalue weighted by atomic mass is 9.99. The zero-order valence-corrected chi connectivity index (χ0v) is 10.1. The fourth-order valence-electron chi connectivity index (χ4n) is 1.27. The lowest BCUT2D eigenvalue weighted by molar-refractivity contribution is 0.101. The summed E-state index contributed by atoms with van der Waals surface area (Å²) in [5.74, 6) is 0.115. The predicted octanol–water partition coefficient (Wildman–Crippen LogP) is 1.96. The molecule has 0 saturated heterocycles. The normalized spacial score (nSPS) is 9.31. The Morgan fingerprint density at radius 3 is 2.75 bits per heavy atom. The summed E-state index contributed by atoms with van der Waals surface area (Å²) in [7, 11) is 1.43. The van der Waals surface area contributed by atoms with Crippen LogP contribution in [0.1, 0.15) is 26.3 Å². The molecule has 0 unspecified atom stereocenters. The highest BCUT2D eigenvalue weighted by molar-refractivity contribution is 9.09. The first kappa shape index (κ1) is 12.4. The van der Waals surface area contributed by atoms with E-state index in [2.05, 4.69) is 15.9 Å². The average molecular weight is 282 g/mol. The molecule has 1 aromatic carbocycles. The van der Waals surface area contributed by atoms with Crippen molar-refractivity contribution >= 4 is 28.0 Å². The van der Waals surface area contributed by atoms with Crippen molar-refractivity contribution in [2.75, 3.05) is 12.4 Å². The summed E-state index contributed by atoms with van der Waals surface area (Å²) in [5.41, 5.74) is 0.439. The van der Waals surface area contributed by atoms with Crippen LogP contribution in [0.15, 0.2) is 12.1 Å². The van der Waals surface area contributed by atoms with Crippen LogP contribution < -0.4 is 4.74 Å². The van der Waals surface area contributed by atoms with E-state index in [0.717, 1.165) is 0 Å². The SMILES string of the molecule is COc1cc(C#N)c(C=O)c(C(=O)CBr)c1. The zero-order chi connectivity index (χ0) is 12.1. The van der Waals surface area contributed by atoms with Crippen molar-refractivity contribution < 1.29 is 14.3 Å². The molecular weight excluding hydrogens is 274 g/mol.